The molecule has 0 saturated heterocycles. The Kier molecular flexibility index (Phi) is 4.17. The summed E-state index contributed by atoms with van der Waals surface area (Å²) in [5, 5.41) is 8.24. The fraction of sp³-hybridized carbons (Fsp3) is 0.333. The Morgan fingerprint density at radius 1 is 1.39 bits per heavy atom. The molecule has 1 aromatic heterocycles. The van der Waals surface area contributed by atoms with E-state index in [2.05, 4.69) is 10.2 Å². The van der Waals surface area contributed by atoms with Crippen LogP contribution in [0.3, 0.4) is 0 Å². The number of hydrogen-bond donors (Lipinski definition) is 1. The third-order valence-corrected chi connectivity index (χ3v) is 2.74. The molecule has 0 aliphatic rings. The van der Waals surface area contributed by atoms with Crippen LogP contribution in [-0.2, 0) is 13.0 Å². The highest BCUT2D eigenvalue weighted by Gasteiger charge is 2.09. The molecule has 2 rings (SSSR count). The van der Waals surface area contributed by atoms with Crippen LogP contribution in [0.15, 0.2) is 22.6 Å². The lowest BCUT2D eigenvalue weighted by Crippen LogP contribution is -2.06. The second kappa shape index (κ2) is 5.84. The van der Waals surface area contributed by atoms with Crippen LogP contribution >= 0.6 is 11.6 Å². The van der Waals surface area contributed by atoms with Gasteiger partial charge in [0.1, 0.15) is 5.75 Å². The van der Waals surface area contributed by atoms with Crippen molar-refractivity contribution in [2.45, 2.75) is 20.0 Å². The number of rotatable bonds is 5. The van der Waals surface area contributed by atoms with Crippen molar-refractivity contribution in [1.82, 2.24) is 10.2 Å². The highest BCUT2D eigenvalue weighted by molar-refractivity contribution is 6.31. The van der Waals surface area contributed by atoms with E-state index in [1.807, 2.05) is 18.2 Å². The minimum absolute atomic E-state index is 0.221. The number of aromatic nitrogens is 2. The molecule has 0 bridgehead atoms. The van der Waals surface area contributed by atoms with E-state index in [0.29, 0.717) is 35.5 Å². The Labute approximate surface area is 110 Å². The summed E-state index contributed by atoms with van der Waals surface area (Å²) in [5.74, 6) is 1.65. The van der Waals surface area contributed by atoms with Gasteiger partial charge in [0, 0.05) is 17.5 Å². The first-order chi connectivity index (χ1) is 8.70. The zero-order valence-electron chi connectivity index (χ0n) is 10.0. The molecule has 0 aliphatic heterocycles. The van der Waals surface area contributed by atoms with Gasteiger partial charge < -0.3 is 14.9 Å². The van der Waals surface area contributed by atoms with Crippen molar-refractivity contribution in [3.8, 4) is 5.75 Å². The summed E-state index contributed by atoms with van der Waals surface area (Å²) in [6, 6.07) is 5.49. The van der Waals surface area contributed by atoms with Crippen molar-refractivity contribution in [2.75, 3.05) is 6.54 Å². The molecule has 5 nitrogen and oxygen atoms in total. The van der Waals surface area contributed by atoms with E-state index < -0.39 is 0 Å². The van der Waals surface area contributed by atoms with Crippen molar-refractivity contribution in [3.05, 3.63) is 40.6 Å². The quantitative estimate of drug-likeness (QED) is 0.898. The van der Waals surface area contributed by atoms with Crippen LogP contribution in [-0.4, -0.2) is 16.7 Å². The van der Waals surface area contributed by atoms with Gasteiger partial charge in [-0.3, -0.25) is 0 Å². The third-order valence-electron chi connectivity index (χ3n) is 2.39. The van der Waals surface area contributed by atoms with Gasteiger partial charge >= 0.3 is 0 Å². The minimum atomic E-state index is 0.221. The van der Waals surface area contributed by atoms with Crippen molar-refractivity contribution in [2.24, 2.45) is 5.73 Å². The molecule has 0 aliphatic carbocycles. The minimum Gasteiger partial charge on any atom is -0.483 e. The van der Waals surface area contributed by atoms with Gasteiger partial charge in [-0.15, -0.1) is 10.2 Å². The molecule has 0 radical (unpaired) electrons. The molecule has 2 N–H and O–H groups in total. The lowest BCUT2D eigenvalue weighted by molar-refractivity contribution is 0.258. The third kappa shape index (κ3) is 3.00. The van der Waals surface area contributed by atoms with Gasteiger partial charge in [0.25, 0.3) is 5.89 Å². The van der Waals surface area contributed by atoms with Crippen molar-refractivity contribution >= 4 is 11.6 Å². The SMILES string of the molecule is Cc1nnc(COc2cccc(Cl)c2CCN)o1. The normalized spacial score (nSPS) is 10.6. The number of hydrogen-bond acceptors (Lipinski definition) is 5. The second-order valence-corrected chi connectivity index (χ2v) is 4.17. The van der Waals surface area contributed by atoms with E-state index in [-0.39, 0.29) is 6.61 Å². The molecule has 0 unspecified atom stereocenters. The lowest BCUT2D eigenvalue weighted by atomic mass is 10.1. The van der Waals surface area contributed by atoms with Gasteiger partial charge in [-0.05, 0) is 25.1 Å². The maximum atomic E-state index is 6.11. The molecule has 0 saturated carbocycles. The number of nitrogens with zero attached hydrogens (tertiary/aromatic N) is 2. The molecule has 0 spiro atoms. The first-order valence-corrected chi connectivity index (χ1v) is 5.97. The van der Waals surface area contributed by atoms with Gasteiger partial charge in [-0.1, -0.05) is 17.7 Å². The van der Waals surface area contributed by atoms with Gasteiger partial charge in [0.15, 0.2) is 6.61 Å². The molecule has 0 atom stereocenters. The number of ether oxygens (including phenoxy) is 1. The van der Waals surface area contributed by atoms with E-state index >= 15 is 0 Å². The number of halogens is 1. The summed E-state index contributed by atoms with van der Waals surface area (Å²) in [7, 11) is 0. The van der Waals surface area contributed by atoms with E-state index in [4.69, 9.17) is 26.5 Å². The zero-order chi connectivity index (χ0) is 13.0. The average molecular weight is 268 g/mol. The van der Waals surface area contributed by atoms with Crippen LogP contribution in [0.5, 0.6) is 5.75 Å². The topological polar surface area (TPSA) is 74.2 Å². The average Bonchev–Trinajstić information content (AvgIpc) is 2.76. The maximum absolute atomic E-state index is 6.11. The number of benzene rings is 1. The Hall–Kier alpha value is -1.59. The molecule has 2 aromatic rings. The first-order valence-electron chi connectivity index (χ1n) is 5.60. The standard InChI is InChI=1S/C12H14ClN3O2/c1-8-15-16-12(18-8)7-17-11-4-2-3-10(13)9(11)5-6-14/h2-4H,5-7,14H2,1H3. The van der Waals surface area contributed by atoms with Gasteiger partial charge in [-0.25, -0.2) is 0 Å². The largest absolute Gasteiger partial charge is 0.483 e. The Balaban J connectivity index is 2.11. The summed E-state index contributed by atoms with van der Waals surface area (Å²) < 4.78 is 10.9. The lowest BCUT2D eigenvalue weighted by Gasteiger charge is -2.10. The van der Waals surface area contributed by atoms with Crippen molar-refractivity contribution in [3.63, 3.8) is 0 Å². The molecule has 0 fully saturated rings. The molecule has 18 heavy (non-hydrogen) atoms. The molecular weight excluding hydrogens is 254 g/mol. The molecular formula is C12H14ClN3O2. The zero-order valence-corrected chi connectivity index (χ0v) is 10.8. The first kappa shape index (κ1) is 12.9. The fourth-order valence-corrected chi connectivity index (χ4v) is 1.86. The summed E-state index contributed by atoms with van der Waals surface area (Å²) in [6.07, 6.45) is 0.665. The summed E-state index contributed by atoms with van der Waals surface area (Å²) in [5.41, 5.74) is 6.45. The fourth-order valence-electron chi connectivity index (χ4n) is 1.60. The van der Waals surface area contributed by atoms with Crippen LogP contribution in [0.2, 0.25) is 5.02 Å². The van der Waals surface area contributed by atoms with Crippen molar-refractivity contribution in [1.29, 1.82) is 0 Å². The van der Waals surface area contributed by atoms with Gasteiger partial charge in [0.05, 0.1) is 0 Å². The van der Waals surface area contributed by atoms with Gasteiger partial charge in [-0.2, -0.15) is 0 Å². The second-order valence-electron chi connectivity index (χ2n) is 3.76. The van der Waals surface area contributed by atoms with Crippen LogP contribution in [0, 0.1) is 6.92 Å². The smallest absolute Gasteiger partial charge is 0.253 e. The predicted octanol–water partition coefficient (Wildman–Crippen LogP) is 2.11. The number of nitrogens with two attached hydrogens (primary N) is 1. The maximum Gasteiger partial charge on any atom is 0.253 e. The van der Waals surface area contributed by atoms with Crippen LogP contribution in [0.4, 0.5) is 0 Å². The number of aryl methyl sites for hydroxylation is 1. The van der Waals surface area contributed by atoms with E-state index in [1.165, 1.54) is 0 Å². The Morgan fingerprint density at radius 3 is 2.89 bits per heavy atom. The highest BCUT2D eigenvalue weighted by atomic mass is 35.5. The Bertz CT molecular complexity index is 528. The predicted molar refractivity (Wildman–Crippen MR) is 67.6 cm³/mol. The summed E-state index contributed by atoms with van der Waals surface area (Å²) >= 11 is 6.11. The summed E-state index contributed by atoms with van der Waals surface area (Å²) in [4.78, 5) is 0. The molecule has 1 heterocycles. The summed E-state index contributed by atoms with van der Waals surface area (Å²) in [6.45, 7) is 2.47. The van der Waals surface area contributed by atoms with Crippen LogP contribution in [0.1, 0.15) is 17.3 Å². The van der Waals surface area contributed by atoms with Crippen LogP contribution in [0.25, 0.3) is 0 Å². The monoisotopic (exact) mass is 267 g/mol. The molecule has 96 valence electrons. The highest BCUT2D eigenvalue weighted by Crippen LogP contribution is 2.27. The van der Waals surface area contributed by atoms with Crippen molar-refractivity contribution < 1.29 is 9.15 Å². The molecule has 6 heteroatoms. The molecule has 0 amide bonds. The van der Waals surface area contributed by atoms with E-state index in [1.54, 1.807) is 6.92 Å². The van der Waals surface area contributed by atoms with Gasteiger partial charge in [0.2, 0.25) is 5.89 Å². The molecule has 1 aromatic carbocycles. The Morgan fingerprint density at radius 2 is 2.22 bits per heavy atom. The van der Waals surface area contributed by atoms with E-state index in [0.717, 1.165) is 5.56 Å². The van der Waals surface area contributed by atoms with E-state index in [9.17, 15) is 0 Å². The van der Waals surface area contributed by atoms with Crippen LogP contribution < -0.4 is 10.5 Å².